The van der Waals surface area contributed by atoms with E-state index < -0.39 is 21.4 Å². The molecule has 0 saturated carbocycles. The Kier molecular flexibility index (Phi) is 4.29. The van der Waals surface area contributed by atoms with E-state index in [1.165, 1.54) is 17.8 Å². The molecule has 0 saturated heterocycles. The highest BCUT2D eigenvalue weighted by Gasteiger charge is 2.33. The third kappa shape index (κ3) is 3.25. The number of nitrogens with zero attached hydrogens (tertiary/aromatic N) is 3. The van der Waals surface area contributed by atoms with E-state index in [9.17, 15) is 18.3 Å². The van der Waals surface area contributed by atoms with Gasteiger partial charge in [-0.25, -0.2) is 13.2 Å². The smallest absolute Gasteiger partial charge is 0.345 e. The number of aromatic carboxylic acids is 1. The van der Waals surface area contributed by atoms with Crippen molar-refractivity contribution in [3.63, 3.8) is 0 Å². The highest BCUT2D eigenvalue weighted by molar-refractivity contribution is 7.93. The Hall–Kier alpha value is -1.87. The monoisotopic (exact) mass is 357 g/mol. The van der Waals surface area contributed by atoms with Crippen LogP contribution < -0.4 is 4.31 Å². The van der Waals surface area contributed by atoms with Crippen LogP contribution in [0.4, 0.5) is 5.82 Å². The van der Waals surface area contributed by atoms with Crippen molar-refractivity contribution in [1.82, 2.24) is 9.78 Å². The first-order chi connectivity index (χ1) is 10.4. The summed E-state index contributed by atoms with van der Waals surface area (Å²) in [6.45, 7) is 5.55. The number of aromatic nitrogens is 2. The molecule has 0 aliphatic carbocycles. The van der Waals surface area contributed by atoms with E-state index in [4.69, 9.17) is 0 Å². The lowest BCUT2D eigenvalue weighted by atomic mass is 9.95. The average molecular weight is 357 g/mol. The van der Waals surface area contributed by atoms with Crippen LogP contribution in [-0.4, -0.2) is 36.3 Å². The van der Waals surface area contributed by atoms with Gasteiger partial charge in [-0.3, -0.25) is 8.99 Å². The lowest BCUT2D eigenvalue weighted by Crippen LogP contribution is -2.28. The predicted molar refractivity (Wildman–Crippen MR) is 88.8 cm³/mol. The van der Waals surface area contributed by atoms with Gasteiger partial charge < -0.3 is 5.11 Å². The third-order valence-corrected chi connectivity index (χ3v) is 6.71. The Morgan fingerprint density at radius 2 is 2.00 bits per heavy atom. The molecule has 1 N–H and O–H groups in total. The van der Waals surface area contributed by atoms with Crippen molar-refractivity contribution < 1.29 is 18.3 Å². The molecular formula is C14H19N3O4S2. The fourth-order valence-corrected chi connectivity index (χ4v) is 4.95. The predicted octanol–water partition coefficient (Wildman–Crippen LogP) is 2.30. The minimum atomic E-state index is -3.90. The van der Waals surface area contributed by atoms with Crippen LogP contribution in [0.25, 0.3) is 0 Å². The largest absolute Gasteiger partial charge is 0.477 e. The van der Waals surface area contributed by atoms with Crippen molar-refractivity contribution in [2.75, 3.05) is 11.4 Å². The maximum Gasteiger partial charge on any atom is 0.345 e. The number of carboxylic acid groups (broad SMARTS) is 1. The van der Waals surface area contributed by atoms with Crippen LogP contribution in [0, 0.1) is 0 Å². The van der Waals surface area contributed by atoms with Gasteiger partial charge in [-0.1, -0.05) is 20.8 Å². The topological polar surface area (TPSA) is 92.5 Å². The van der Waals surface area contributed by atoms with Gasteiger partial charge in [0.05, 0.1) is 0 Å². The van der Waals surface area contributed by atoms with E-state index in [0.29, 0.717) is 4.88 Å². The van der Waals surface area contributed by atoms with Crippen LogP contribution in [0.1, 0.15) is 35.3 Å². The van der Waals surface area contributed by atoms with Crippen LogP contribution in [-0.2, 0) is 22.5 Å². The zero-order valence-electron chi connectivity index (χ0n) is 13.6. The zero-order valence-corrected chi connectivity index (χ0v) is 15.2. The Balaban J connectivity index is 2.61. The second-order valence-electron chi connectivity index (χ2n) is 6.18. The molecule has 23 heavy (non-hydrogen) atoms. The van der Waals surface area contributed by atoms with Gasteiger partial charge in [0.25, 0.3) is 10.0 Å². The summed E-state index contributed by atoms with van der Waals surface area (Å²) in [5, 5.41) is 13.3. The molecule has 0 amide bonds. The number of anilines is 1. The molecule has 0 aromatic carbocycles. The molecule has 0 unspecified atom stereocenters. The van der Waals surface area contributed by atoms with Crippen LogP contribution >= 0.6 is 11.3 Å². The van der Waals surface area contributed by atoms with Crippen molar-refractivity contribution in [3.05, 3.63) is 28.1 Å². The van der Waals surface area contributed by atoms with Crippen molar-refractivity contribution >= 4 is 33.1 Å². The Labute approximate surface area is 139 Å². The number of carboxylic acids is 1. The van der Waals surface area contributed by atoms with Gasteiger partial charge in [-0.05, 0) is 11.5 Å². The summed E-state index contributed by atoms with van der Waals surface area (Å²) in [4.78, 5) is 11.8. The second kappa shape index (κ2) is 5.64. The van der Waals surface area contributed by atoms with Crippen molar-refractivity contribution in [2.24, 2.45) is 7.05 Å². The molecule has 0 aliphatic rings. The molecule has 7 nitrogen and oxygen atoms in total. The van der Waals surface area contributed by atoms with E-state index in [0.717, 1.165) is 15.6 Å². The Bertz CT molecular complexity index is 844. The van der Waals surface area contributed by atoms with Gasteiger partial charge >= 0.3 is 5.97 Å². The third-order valence-electron chi connectivity index (χ3n) is 3.25. The van der Waals surface area contributed by atoms with Crippen LogP contribution in [0.2, 0.25) is 0 Å². The molecule has 2 rings (SSSR count). The van der Waals surface area contributed by atoms with Gasteiger partial charge in [0.1, 0.15) is 9.77 Å². The number of hydrogen-bond acceptors (Lipinski definition) is 5. The summed E-state index contributed by atoms with van der Waals surface area (Å²) < 4.78 is 28.4. The number of aryl methyl sites for hydroxylation is 1. The van der Waals surface area contributed by atoms with E-state index in [2.05, 4.69) is 5.10 Å². The highest BCUT2D eigenvalue weighted by Crippen LogP contribution is 2.38. The van der Waals surface area contributed by atoms with Gasteiger partial charge in [0, 0.05) is 31.2 Å². The zero-order chi connectivity index (χ0) is 17.6. The molecule has 2 aromatic heterocycles. The lowest BCUT2D eigenvalue weighted by Gasteiger charge is -2.22. The minimum Gasteiger partial charge on any atom is -0.477 e. The number of carbonyl (C=O) groups is 1. The maximum atomic E-state index is 12.9. The van der Waals surface area contributed by atoms with E-state index in [-0.39, 0.29) is 15.6 Å². The number of rotatable bonds is 4. The first-order valence-electron chi connectivity index (χ1n) is 6.81. The first-order valence-corrected chi connectivity index (χ1v) is 9.06. The Morgan fingerprint density at radius 3 is 2.43 bits per heavy atom. The van der Waals surface area contributed by atoms with Gasteiger partial charge in [-0.15, -0.1) is 11.3 Å². The first kappa shape index (κ1) is 17.5. The number of hydrogen-bond donors (Lipinski definition) is 1. The SMILES string of the molecule is CN(c1ccn(C)n1)S(=O)(=O)c1cc(C(=O)O)sc1C(C)(C)C. The number of thiophene rings is 1. The average Bonchev–Trinajstić information content (AvgIpc) is 3.03. The number of sulfonamides is 1. The summed E-state index contributed by atoms with van der Waals surface area (Å²) in [5.41, 5.74) is -0.494. The van der Waals surface area contributed by atoms with E-state index in [1.54, 1.807) is 19.3 Å². The molecule has 2 heterocycles. The molecule has 126 valence electrons. The van der Waals surface area contributed by atoms with E-state index in [1.807, 2.05) is 20.8 Å². The molecule has 0 atom stereocenters. The summed E-state index contributed by atoms with van der Waals surface area (Å²) in [6, 6.07) is 2.81. The standard InChI is InChI=1S/C14H19N3O4S2/c1-14(2,3)12-10(8-9(22-12)13(18)19)23(20,21)17(5)11-6-7-16(4)15-11/h6-8H,1-5H3,(H,18,19). The molecular weight excluding hydrogens is 338 g/mol. The maximum absolute atomic E-state index is 12.9. The van der Waals surface area contributed by atoms with Gasteiger partial charge in [0.2, 0.25) is 0 Å². The minimum absolute atomic E-state index is 0.00270. The molecule has 0 fully saturated rings. The summed E-state index contributed by atoms with van der Waals surface area (Å²) in [6.07, 6.45) is 1.64. The molecule has 0 spiro atoms. The fraction of sp³-hybridized carbons (Fsp3) is 0.429. The summed E-state index contributed by atoms with van der Waals surface area (Å²) in [7, 11) is -0.803. The Morgan fingerprint density at radius 1 is 1.39 bits per heavy atom. The van der Waals surface area contributed by atoms with Crippen LogP contribution in [0.15, 0.2) is 23.2 Å². The molecule has 0 radical (unpaired) electrons. The lowest BCUT2D eigenvalue weighted by molar-refractivity contribution is 0.0702. The molecule has 0 aliphatic heterocycles. The van der Waals surface area contributed by atoms with Crippen molar-refractivity contribution in [3.8, 4) is 0 Å². The fourth-order valence-electron chi connectivity index (χ4n) is 2.04. The normalized spacial score (nSPS) is 12.4. The van der Waals surface area contributed by atoms with E-state index >= 15 is 0 Å². The van der Waals surface area contributed by atoms with Crippen molar-refractivity contribution in [1.29, 1.82) is 0 Å². The highest BCUT2D eigenvalue weighted by atomic mass is 32.2. The summed E-state index contributed by atoms with van der Waals surface area (Å²) >= 11 is 0.988. The molecule has 0 bridgehead atoms. The quantitative estimate of drug-likeness (QED) is 0.906. The molecule has 9 heteroatoms. The summed E-state index contributed by atoms with van der Waals surface area (Å²) in [5.74, 6) is -0.863. The molecule has 2 aromatic rings. The van der Waals surface area contributed by atoms with Crippen molar-refractivity contribution in [2.45, 2.75) is 31.1 Å². The second-order valence-corrected chi connectivity index (χ2v) is 9.17. The van der Waals surface area contributed by atoms with Gasteiger partial charge in [-0.2, -0.15) is 5.10 Å². The van der Waals surface area contributed by atoms with Crippen LogP contribution in [0.5, 0.6) is 0 Å². The van der Waals surface area contributed by atoms with Gasteiger partial charge in [0.15, 0.2) is 5.82 Å². The van der Waals surface area contributed by atoms with Crippen LogP contribution in [0.3, 0.4) is 0 Å².